The smallest absolute Gasteiger partial charge is 0.152 e. The van der Waals surface area contributed by atoms with Gasteiger partial charge in [-0.1, -0.05) is 35.3 Å². The van der Waals surface area contributed by atoms with Crippen LogP contribution in [0.25, 0.3) is 11.3 Å². The molecule has 0 atom stereocenters. The van der Waals surface area contributed by atoms with Crippen LogP contribution in [-0.4, -0.2) is 30.1 Å². The highest BCUT2D eigenvalue weighted by molar-refractivity contribution is 6.43. The fourth-order valence-electron chi connectivity index (χ4n) is 1.78. The normalized spacial score (nSPS) is 10.6. The van der Waals surface area contributed by atoms with Crippen molar-refractivity contribution in [2.75, 3.05) is 30.8 Å². The first-order valence-electron chi connectivity index (χ1n) is 6.02. The number of aromatic nitrogens is 2. The minimum Gasteiger partial charge on any atom is -0.382 e. The second-order valence-electron chi connectivity index (χ2n) is 4.27. The maximum atomic E-state index is 6.17. The minimum atomic E-state index is 0.301. The number of likely N-dealkylation sites (N-methyl/N-ethyl adjacent to an activating group) is 1. The summed E-state index contributed by atoms with van der Waals surface area (Å²) in [5.74, 6) is 0.963. The minimum absolute atomic E-state index is 0.301. The van der Waals surface area contributed by atoms with Crippen molar-refractivity contribution in [2.45, 2.75) is 0 Å². The molecule has 0 fully saturated rings. The Bertz CT molecular complexity index is 618. The monoisotopic (exact) mass is 311 g/mol. The molecule has 0 saturated heterocycles. The average molecular weight is 312 g/mol. The number of rotatable bonds is 4. The molecule has 0 aliphatic heterocycles. The van der Waals surface area contributed by atoms with Gasteiger partial charge < -0.3 is 16.4 Å². The van der Waals surface area contributed by atoms with E-state index in [4.69, 9.17) is 34.7 Å². The number of benzene rings is 1. The summed E-state index contributed by atoms with van der Waals surface area (Å²) in [6.45, 7) is 1.20. The molecule has 0 saturated carbocycles. The Hall–Kier alpha value is -1.56. The third-order valence-corrected chi connectivity index (χ3v) is 3.67. The van der Waals surface area contributed by atoms with Crippen LogP contribution in [0, 0.1) is 0 Å². The number of nitrogen functional groups attached to an aromatic ring is 1. The van der Waals surface area contributed by atoms with Crippen LogP contribution in [0.5, 0.6) is 0 Å². The largest absolute Gasteiger partial charge is 0.382 e. The van der Waals surface area contributed by atoms with E-state index in [0.717, 1.165) is 0 Å². The molecule has 0 radical (unpaired) electrons. The Morgan fingerprint density at radius 1 is 1.30 bits per heavy atom. The zero-order valence-electron chi connectivity index (χ0n) is 11.0. The zero-order valence-corrected chi connectivity index (χ0v) is 12.5. The van der Waals surface area contributed by atoms with Gasteiger partial charge in [0.25, 0.3) is 0 Å². The highest BCUT2D eigenvalue weighted by Crippen LogP contribution is 2.34. The van der Waals surface area contributed by atoms with E-state index in [9.17, 15) is 0 Å². The van der Waals surface area contributed by atoms with Gasteiger partial charge in [-0.2, -0.15) is 0 Å². The number of hydrogen-bond acceptors (Lipinski definition) is 5. The summed E-state index contributed by atoms with van der Waals surface area (Å²) in [7, 11) is 1.88. The number of nitrogens with two attached hydrogens (primary N) is 2. The van der Waals surface area contributed by atoms with E-state index in [1.165, 1.54) is 0 Å². The van der Waals surface area contributed by atoms with Crippen LogP contribution in [0.1, 0.15) is 0 Å². The van der Waals surface area contributed by atoms with Gasteiger partial charge in [-0.3, -0.25) is 0 Å². The SMILES string of the molecule is CN(CCN)c1cnc(-c2cccc(Cl)c2Cl)c(N)n1. The predicted molar refractivity (Wildman–Crippen MR) is 84.2 cm³/mol. The molecule has 4 N–H and O–H groups in total. The number of hydrogen-bond donors (Lipinski definition) is 2. The fraction of sp³-hybridized carbons (Fsp3) is 0.231. The topological polar surface area (TPSA) is 81.1 Å². The molecule has 0 aliphatic carbocycles. The average Bonchev–Trinajstić information content (AvgIpc) is 2.42. The van der Waals surface area contributed by atoms with Crippen molar-refractivity contribution in [3.05, 3.63) is 34.4 Å². The molecule has 2 rings (SSSR count). The second-order valence-corrected chi connectivity index (χ2v) is 5.06. The van der Waals surface area contributed by atoms with E-state index >= 15 is 0 Å². The Balaban J connectivity index is 2.42. The van der Waals surface area contributed by atoms with Crippen molar-refractivity contribution in [1.29, 1.82) is 0 Å². The third-order valence-electron chi connectivity index (χ3n) is 2.85. The highest BCUT2D eigenvalue weighted by Gasteiger charge is 2.13. The van der Waals surface area contributed by atoms with Crippen LogP contribution in [0.2, 0.25) is 10.0 Å². The molecule has 2 aromatic rings. The molecule has 20 heavy (non-hydrogen) atoms. The fourth-order valence-corrected chi connectivity index (χ4v) is 2.17. The third kappa shape index (κ3) is 2.95. The van der Waals surface area contributed by atoms with Crippen LogP contribution >= 0.6 is 23.2 Å². The molecule has 0 aliphatic rings. The molecule has 0 bridgehead atoms. The van der Waals surface area contributed by atoms with Gasteiger partial charge >= 0.3 is 0 Å². The van der Waals surface area contributed by atoms with Crippen LogP contribution < -0.4 is 16.4 Å². The maximum Gasteiger partial charge on any atom is 0.152 e. The Labute approximate surface area is 127 Å². The molecule has 1 aromatic heterocycles. The van der Waals surface area contributed by atoms with Crippen LogP contribution in [-0.2, 0) is 0 Å². The van der Waals surface area contributed by atoms with Crippen LogP contribution in [0.4, 0.5) is 11.6 Å². The molecule has 0 spiro atoms. The first-order valence-corrected chi connectivity index (χ1v) is 6.78. The molecule has 1 aromatic carbocycles. The van der Waals surface area contributed by atoms with Crippen LogP contribution in [0.15, 0.2) is 24.4 Å². The Morgan fingerprint density at radius 3 is 2.70 bits per heavy atom. The summed E-state index contributed by atoms with van der Waals surface area (Å²) in [6, 6.07) is 5.30. The van der Waals surface area contributed by atoms with Crippen molar-refractivity contribution in [3.63, 3.8) is 0 Å². The molecular formula is C13H15Cl2N5. The summed E-state index contributed by atoms with van der Waals surface area (Å²) < 4.78 is 0. The number of anilines is 2. The van der Waals surface area contributed by atoms with E-state index in [1.54, 1.807) is 24.4 Å². The molecule has 7 heteroatoms. The lowest BCUT2D eigenvalue weighted by Gasteiger charge is -2.17. The lowest BCUT2D eigenvalue weighted by molar-refractivity contribution is 0.865. The first kappa shape index (κ1) is 14.8. The molecule has 1 heterocycles. The van der Waals surface area contributed by atoms with E-state index < -0.39 is 0 Å². The Kier molecular flexibility index (Phi) is 4.65. The summed E-state index contributed by atoms with van der Waals surface area (Å²) in [5.41, 5.74) is 12.7. The van der Waals surface area contributed by atoms with Gasteiger partial charge in [-0.05, 0) is 6.07 Å². The molecule has 0 unspecified atom stereocenters. The van der Waals surface area contributed by atoms with Gasteiger partial charge in [0.15, 0.2) is 5.82 Å². The lowest BCUT2D eigenvalue weighted by Crippen LogP contribution is -2.26. The van der Waals surface area contributed by atoms with E-state index in [2.05, 4.69) is 9.97 Å². The quantitative estimate of drug-likeness (QED) is 0.906. The summed E-state index contributed by atoms with van der Waals surface area (Å²) in [5, 5.41) is 0.868. The van der Waals surface area contributed by atoms with Crippen molar-refractivity contribution in [1.82, 2.24) is 9.97 Å². The molecule has 106 valence electrons. The summed E-state index contributed by atoms with van der Waals surface area (Å²) in [4.78, 5) is 10.5. The zero-order chi connectivity index (χ0) is 14.7. The van der Waals surface area contributed by atoms with Gasteiger partial charge in [0.2, 0.25) is 0 Å². The second kappa shape index (κ2) is 6.26. The summed E-state index contributed by atoms with van der Waals surface area (Å²) in [6.07, 6.45) is 1.64. The Morgan fingerprint density at radius 2 is 2.05 bits per heavy atom. The van der Waals surface area contributed by atoms with Gasteiger partial charge in [0.05, 0.1) is 16.2 Å². The van der Waals surface area contributed by atoms with E-state index in [-0.39, 0.29) is 0 Å². The van der Waals surface area contributed by atoms with Crippen molar-refractivity contribution in [3.8, 4) is 11.3 Å². The van der Waals surface area contributed by atoms with Gasteiger partial charge in [0, 0.05) is 25.7 Å². The molecule has 0 amide bonds. The van der Waals surface area contributed by atoms with Gasteiger partial charge in [0.1, 0.15) is 11.5 Å². The van der Waals surface area contributed by atoms with E-state index in [1.807, 2.05) is 11.9 Å². The van der Waals surface area contributed by atoms with Gasteiger partial charge in [-0.15, -0.1) is 0 Å². The standard InChI is InChI=1S/C13H15Cl2N5/c1-20(6-5-16)10-7-18-12(13(17)19-10)8-3-2-4-9(14)11(8)15/h2-4,7H,5-6,16H2,1H3,(H2,17,19). The molecule has 5 nitrogen and oxygen atoms in total. The molecular weight excluding hydrogens is 297 g/mol. The maximum absolute atomic E-state index is 6.17. The highest BCUT2D eigenvalue weighted by atomic mass is 35.5. The van der Waals surface area contributed by atoms with Crippen LogP contribution in [0.3, 0.4) is 0 Å². The van der Waals surface area contributed by atoms with Gasteiger partial charge in [-0.25, -0.2) is 9.97 Å². The predicted octanol–water partition coefficient (Wildman–Crippen LogP) is 2.43. The van der Waals surface area contributed by atoms with Crippen molar-refractivity contribution in [2.24, 2.45) is 5.73 Å². The lowest BCUT2D eigenvalue weighted by atomic mass is 10.1. The number of nitrogens with zero attached hydrogens (tertiary/aromatic N) is 3. The summed E-state index contributed by atoms with van der Waals surface area (Å²) >= 11 is 12.2. The van der Waals surface area contributed by atoms with Crippen molar-refractivity contribution < 1.29 is 0 Å². The number of halogens is 2. The first-order chi connectivity index (χ1) is 9.54. The van der Waals surface area contributed by atoms with Crippen molar-refractivity contribution >= 4 is 34.8 Å². The van der Waals surface area contributed by atoms with E-state index in [0.29, 0.717) is 46.0 Å².